The van der Waals surface area contributed by atoms with Gasteiger partial charge in [0.15, 0.2) is 0 Å². The molecular formula is C10H15NS. The van der Waals surface area contributed by atoms with Gasteiger partial charge in [-0.15, -0.1) is 11.3 Å². The minimum Gasteiger partial charge on any atom is -0.326 e. The van der Waals surface area contributed by atoms with Crippen LogP contribution < -0.4 is 5.73 Å². The van der Waals surface area contributed by atoms with Gasteiger partial charge >= 0.3 is 0 Å². The number of hydrogen-bond donors (Lipinski definition) is 1. The van der Waals surface area contributed by atoms with E-state index in [1.165, 1.54) is 22.6 Å². The van der Waals surface area contributed by atoms with Gasteiger partial charge in [0.1, 0.15) is 0 Å². The second-order valence-electron chi connectivity index (χ2n) is 2.82. The first-order valence-electron chi connectivity index (χ1n) is 4.24. The van der Waals surface area contributed by atoms with E-state index in [0.29, 0.717) is 6.54 Å². The Morgan fingerprint density at radius 2 is 2.33 bits per heavy atom. The highest BCUT2D eigenvalue weighted by molar-refractivity contribution is 7.13. The van der Waals surface area contributed by atoms with Gasteiger partial charge in [-0.3, -0.25) is 0 Å². The smallest absolute Gasteiger partial charge is 0.0312 e. The van der Waals surface area contributed by atoms with E-state index in [9.17, 15) is 0 Å². The summed E-state index contributed by atoms with van der Waals surface area (Å²) in [7, 11) is 0. The standard InChI is InChI=1S/C10H15NS/c1-3-4-9-5-6-10(12-9)8(2)7-11/h5-6H,2-4,7,11H2,1H3. The third-order valence-electron chi connectivity index (χ3n) is 1.75. The predicted octanol–water partition coefficient (Wildman–Crippen LogP) is 2.67. The number of thiophene rings is 1. The zero-order chi connectivity index (χ0) is 8.97. The maximum Gasteiger partial charge on any atom is 0.0312 e. The Hall–Kier alpha value is -0.600. The Balaban J connectivity index is 2.70. The van der Waals surface area contributed by atoms with Gasteiger partial charge in [-0.2, -0.15) is 0 Å². The summed E-state index contributed by atoms with van der Waals surface area (Å²) in [6.07, 6.45) is 2.37. The van der Waals surface area contributed by atoms with E-state index in [4.69, 9.17) is 5.73 Å². The second kappa shape index (κ2) is 4.43. The van der Waals surface area contributed by atoms with Crippen molar-refractivity contribution in [1.29, 1.82) is 0 Å². The Morgan fingerprint density at radius 1 is 1.58 bits per heavy atom. The molecule has 0 saturated carbocycles. The molecular weight excluding hydrogens is 166 g/mol. The topological polar surface area (TPSA) is 26.0 Å². The van der Waals surface area contributed by atoms with Crippen LogP contribution in [-0.2, 0) is 6.42 Å². The monoisotopic (exact) mass is 181 g/mol. The number of hydrogen-bond acceptors (Lipinski definition) is 2. The summed E-state index contributed by atoms with van der Waals surface area (Å²) in [5.41, 5.74) is 6.54. The molecule has 0 spiro atoms. The summed E-state index contributed by atoms with van der Waals surface area (Å²) < 4.78 is 0. The van der Waals surface area contributed by atoms with E-state index >= 15 is 0 Å². The van der Waals surface area contributed by atoms with Crippen LogP contribution in [0.1, 0.15) is 23.1 Å². The molecule has 2 heteroatoms. The van der Waals surface area contributed by atoms with Crippen molar-refractivity contribution >= 4 is 16.9 Å². The lowest BCUT2D eigenvalue weighted by atomic mass is 10.2. The SMILES string of the molecule is C=C(CN)c1ccc(CCC)s1. The Morgan fingerprint density at radius 3 is 2.92 bits per heavy atom. The fourth-order valence-electron chi connectivity index (χ4n) is 1.05. The second-order valence-corrected chi connectivity index (χ2v) is 3.99. The molecule has 1 aromatic heterocycles. The highest BCUT2D eigenvalue weighted by Crippen LogP contribution is 2.23. The quantitative estimate of drug-likeness (QED) is 0.759. The fraction of sp³-hybridized carbons (Fsp3) is 0.400. The molecule has 1 heterocycles. The third kappa shape index (κ3) is 2.19. The molecule has 1 rings (SSSR count). The molecule has 0 aromatic carbocycles. The van der Waals surface area contributed by atoms with Gasteiger partial charge < -0.3 is 5.73 Å². The molecule has 0 aliphatic carbocycles. The zero-order valence-electron chi connectivity index (χ0n) is 7.47. The van der Waals surface area contributed by atoms with Crippen LogP contribution in [0.2, 0.25) is 0 Å². The molecule has 0 saturated heterocycles. The first-order valence-corrected chi connectivity index (χ1v) is 5.06. The Bertz CT molecular complexity index is 263. The van der Waals surface area contributed by atoms with Crippen molar-refractivity contribution in [2.75, 3.05) is 6.54 Å². The number of aryl methyl sites for hydroxylation is 1. The van der Waals surface area contributed by atoms with Gasteiger partial charge in [0.25, 0.3) is 0 Å². The summed E-state index contributed by atoms with van der Waals surface area (Å²) in [4.78, 5) is 2.67. The van der Waals surface area contributed by atoms with Gasteiger partial charge in [0.2, 0.25) is 0 Å². The van der Waals surface area contributed by atoms with Crippen molar-refractivity contribution in [2.24, 2.45) is 5.73 Å². The van der Waals surface area contributed by atoms with E-state index in [1.54, 1.807) is 0 Å². The molecule has 0 aliphatic rings. The molecule has 1 aromatic rings. The number of nitrogens with two attached hydrogens (primary N) is 1. The number of rotatable bonds is 4. The summed E-state index contributed by atoms with van der Waals surface area (Å²) in [6.45, 7) is 6.66. The highest BCUT2D eigenvalue weighted by atomic mass is 32.1. The average Bonchev–Trinajstić information content (AvgIpc) is 2.52. The molecule has 12 heavy (non-hydrogen) atoms. The van der Waals surface area contributed by atoms with Crippen LogP contribution in [0, 0.1) is 0 Å². The van der Waals surface area contributed by atoms with E-state index in [-0.39, 0.29) is 0 Å². The molecule has 0 fully saturated rings. The molecule has 66 valence electrons. The largest absolute Gasteiger partial charge is 0.326 e. The summed E-state index contributed by atoms with van der Waals surface area (Å²) >= 11 is 1.81. The van der Waals surface area contributed by atoms with Crippen molar-refractivity contribution in [2.45, 2.75) is 19.8 Å². The maximum atomic E-state index is 5.49. The molecule has 0 amide bonds. The summed E-state index contributed by atoms with van der Waals surface area (Å²) in [6, 6.07) is 4.29. The van der Waals surface area contributed by atoms with Crippen LogP contribution in [0.15, 0.2) is 18.7 Å². The van der Waals surface area contributed by atoms with Crippen molar-refractivity contribution in [3.8, 4) is 0 Å². The molecule has 0 bridgehead atoms. The van der Waals surface area contributed by atoms with Crippen LogP contribution in [-0.4, -0.2) is 6.54 Å². The molecule has 1 nitrogen and oxygen atoms in total. The van der Waals surface area contributed by atoms with Crippen molar-refractivity contribution in [1.82, 2.24) is 0 Å². The van der Waals surface area contributed by atoms with Crippen molar-refractivity contribution in [3.63, 3.8) is 0 Å². The van der Waals surface area contributed by atoms with E-state index in [1.807, 2.05) is 11.3 Å². The maximum absolute atomic E-state index is 5.49. The van der Waals surface area contributed by atoms with Gasteiger partial charge in [-0.25, -0.2) is 0 Å². The third-order valence-corrected chi connectivity index (χ3v) is 3.00. The molecule has 0 atom stereocenters. The minimum atomic E-state index is 0.562. The van der Waals surface area contributed by atoms with Gasteiger partial charge in [-0.1, -0.05) is 19.9 Å². The van der Waals surface area contributed by atoms with Gasteiger partial charge in [0.05, 0.1) is 0 Å². The zero-order valence-corrected chi connectivity index (χ0v) is 8.29. The normalized spacial score (nSPS) is 10.2. The van der Waals surface area contributed by atoms with Gasteiger partial charge in [-0.05, 0) is 24.1 Å². The Labute approximate surface area is 77.9 Å². The lowest BCUT2D eigenvalue weighted by Crippen LogP contribution is -1.98. The van der Waals surface area contributed by atoms with E-state index < -0.39 is 0 Å². The fourth-order valence-corrected chi connectivity index (χ4v) is 2.14. The highest BCUT2D eigenvalue weighted by Gasteiger charge is 2.00. The van der Waals surface area contributed by atoms with Crippen LogP contribution in [0.4, 0.5) is 0 Å². The average molecular weight is 181 g/mol. The lowest BCUT2D eigenvalue weighted by Gasteiger charge is -1.95. The van der Waals surface area contributed by atoms with Crippen molar-refractivity contribution in [3.05, 3.63) is 28.5 Å². The van der Waals surface area contributed by atoms with E-state index in [0.717, 1.165) is 5.57 Å². The van der Waals surface area contributed by atoms with Crippen molar-refractivity contribution < 1.29 is 0 Å². The van der Waals surface area contributed by atoms with Crippen LogP contribution in [0.25, 0.3) is 5.57 Å². The van der Waals surface area contributed by atoms with Gasteiger partial charge in [0, 0.05) is 16.3 Å². The molecule has 0 radical (unpaired) electrons. The summed E-state index contributed by atoms with van der Waals surface area (Å²) in [5.74, 6) is 0. The van der Waals surface area contributed by atoms with Crippen LogP contribution in [0.3, 0.4) is 0 Å². The molecule has 0 aliphatic heterocycles. The minimum absolute atomic E-state index is 0.562. The van der Waals surface area contributed by atoms with Crippen LogP contribution in [0.5, 0.6) is 0 Å². The first kappa shape index (κ1) is 9.49. The molecule has 0 unspecified atom stereocenters. The summed E-state index contributed by atoms with van der Waals surface area (Å²) in [5, 5.41) is 0. The first-order chi connectivity index (χ1) is 5.77. The predicted molar refractivity (Wildman–Crippen MR) is 56.4 cm³/mol. The van der Waals surface area contributed by atoms with E-state index in [2.05, 4.69) is 25.6 Å². The molecule has 2 N–H and O–H groups in total. The Kier molecular flexibility index (Phi) is 3.50. The van der Waals surface area contributed by atoms with Crippen LogP contribution >= 0.6 is 11.3 Å². The lowest BCUT2D eigenvalue weighted by molar-refractivity contribution is 0.940.